The first-order valence-electron chi connectivity index (χ1n) is 12.8. The summed E-state index contributed by atoms with van der Waals surface area (Å²) in [5.74, 6) is -1.94. The number of carboxylic acids is 1. The van der Waals surface area contributed by atoms with E-state index in [1.54, 1.807) is 0 Å². The largest absolute Gasteiger partial charge is 0.477 e. The van der Waals surface area contributed by atoms with Gasteiger partial charge in [0, 0.05) is 22.7 Å². The summed E-state index contributed by atoms with van der Waals surface area (Å²) in [6.45, 7) is 13.1. The molecule has 0 spiro atoms. The quantitative estimate of drug-likeness (QED) is 0.229. The molecule has 1 aromatic heterocycles. The average Bonchev–Trinajstić information content (AvgIpc) is 3.42. The van der Waals surface area contributed by atoms with Crippen LogP contribution in [-0.2, 0) is 18.8 Å². The number of aliphatic carboxylic acids is 1. The van der Waals surface area contributed by atoms with Gasteiger partial charge in [-0.2, -0.15) is 0 Å². The highest BCUT2D eigenvalue weighted by atomic mass is 32.2. The fourth-order valence-corrected chi connectivity index (χ4v) is 8.78. The van der Waals surface area contributed by atoms with Gasteiger partial charge in [0.15, 0.2) is 12.7 Å². The lowest BCUT2D eigenvalue weighted by Crippen LogP contribution is -2.64. The molecule has 1 N–H and O–H groups in total. The zero-order valence-electron chi connectivity index (χ0n) is 22.7. The van der Waals surface area contributed by atoms with E-state index >= 15 is 0 Å². The number of aromatic nitrogens is 1. The number of thioether (sulfide) groups is 1. The molecule has 1 aromatic rings. The van der Waals surface area contributed by atoms with E-state index in [0.29, 0.717) is 14.9 Å². The Balaban J connectivity index is 1.51. The van der Waals surface area contributed by atoms with Crippen LogP contribution in [0.1, 0.15) is 26.0 Å². The van der Waals surface area contributed by atoms with E-state index in [1.165, 1.54) is 39.0 Å². The van der Waals surface area contributed by atoms with Crippen LogP contribution in [0.15, 0.2) is 39.1 Å². The van der Waals surface area contributed by atoms with Gasteiger partial charge in [0.2, 0.25) is 5.91 Å². The molecule has 2 amide bonds. The third-order valence-corrected chi connectivity index (χ3v) is 10.3. The standard InChI is InChI=1S/C26H34FN3O6S2Si/c1-7-10-35-26(34)29-9-8-16(11-17(29)12-27)18-13-37-25(28-18)38-22-14(2)20-19(15(3)36-39(4,5)6)23(31)30(20)21(22)24(32)33/h7-8,13-15,17,19-20H,1,9-12H2,2-6H3,(H,32,33)/t14-,15-,17-,19-,20-/m1/s1. The second-order valence-corrected chi connectivity index (χ2v) is 17.4. The van der Waals surface area contributed by atoms with Gasteiger partial charge >= 0.3 is 12.1 Å². The van der Waals surface area contributed by atoms with Crippen molar-refractivity contribution in [3.63, 3.8) is 0 Å². The maximum Gasteiger partial charge on any atom is 0.410 e. The molecule has 9 nitrogen and oxygen atoms in total. The van der Waals surface area contributed by atoms with E-state index in [-0.39, 0.29) is 49.2 Å². The minimum Gasteiger partial charge on any atom is -0.477 e. The summed E-state index contributed by atoms with van der Waals surface area (Å²) in [7, 11) is -1.89. The predicted molar refractivity (Wildman–Crippen MR) is 150 cm³/mol. The Labute approximate surface area is 236 Å². The average molecular weight is 596 g/mol. The van der Waals surface area contributed by atoms with Crippen molar-refractivity contribution in [2.45, 2.75) is 62.4 Å². The Morgan fingerprint density at radius 1 is 1.41 bits per heavy atom. The van der Waals surface area contributed by atoms with E-state index in [2.05, 4.69) is 26.2 Å². The van der Waals surface area contributed by atoms with E-state index in [9.17, 15) is 23.9 Å². The van der Waals surface area contributed by atoms with Gasteiger partial charge in [0.1, 0.15) is 19.0 Å². The maximum atomic E-state index is 13.8. The normalized spacial score (nSPS) is 25.7. The van der Waals surface area contributed by atoms with E-state index in [0.717, 1.165) is 5.57 Å². The minimum atomic E-state index is -1.89. The lowest BCUT2D eigenvalue weighted by atomic mass is 9.79. The van der Waals surface area contributed by atoms with Crippen molar-refractivity contribution in [1.82, 2.24) is 14.8 Å². The first-order valence-corrected chi connectivity index (χ1v) is 17.9. The van der Waals surface area contributed by atoms with Gasteiger partial charge in [-0.15, -0.1) is 11.3 Å². The van der Waals surface area contributed by atoms with Crippen molar-refractivity contribution < 1.29 is 33.0 Å². The van der Waals surface area contributed by atoms with Crippen molar-refractivity contribution in [3.05, 3.63) is 40.4 Å². The number of carbonyl (C=O) groups excluding carboxylic acids is 2. The van der Waals surface area contributed by atoms with Crippen molar-refractivity contribution in [2.75, 3.05) is 19.8 Å². The van der Waals surface area contributed by atoms with Crippen LogP contribution in [-0.4, -0.2) is 84.2 Å². The number of amides is 2. The second-order valence-electron chi connectivity index (χ2n) is 10.8. The summed E-state index contributed by atoms with van der Waals surface area (Å²) >= 11 is 2.63. The van der Waals surface area contributed by atoms with Crippen LogP contribution in [0, 0.1) is 11.8 Å². The molecular formula is C26H34FN3O6S2Si. The van der Waals surface area contributed by atoms with Crippen LogP contribution < -0.4 is 0 Å². The summed E-state index contributed by atoms with van der Waals surface area (Å²) in [4.78, 5) is 45.7. The Kier molecular flexibility index (Phi) is 8.74. The number of ether oxygens (including phenoxy) is 1. The molecule has 0 radical (unpaired) electrons. The van der Waals surface area contributed by atoms with E-state index < -0.39 is 39.0 Å². The van der Waals surface area contributed by atoms with Gasteiger partial charge in [0.25, 0.3) is 0 Å². The molecule has 3 aliphatic rings. The summed E-state index contributed by atoms with van der Waals surface area (Å²) < 4.78 is 25.7. The fourth-order valence-electron chi connectivity index (χ4n) is 5.41. The van der Waals surface area contributed by atoms with Gasteiger partial charge < -0.3 is 19.2 Å². The zero-order valence-corrected chi connectivity index (χ0v) is 25.3. The fraction of sp³-hybridized carbons (Fsp3) is 0.538. The van der Waals surface area contributed by atoms with Crippen LogP contribution in [0.2, 0.25) is 19.6 Å². The van der Waals surface area contributed by atoms with Crippen molar-refractivity contribution >= 4 is 55.0 Å². The van der Waals surface area contributed by atoms with Crippen LogP contribution in [0.4, 0.5) is 9.18 Å². The molecule has 0 unspecified atom stereocenters. The number of rotatable bonds is 10. The Morgan fingerprint density at radius 2 is 2.13 bits per heavy atom. The highest BCUT2D eigenvalue weighted by Crippen LogP contribution is 2.53. The number of nitrogens with zero attached hydrogens (tertiary/aromatic N) is 3. The topological polar surface area (TPSA) is 109 Å². The van der Waals surface area contributed by atoms with Crippen molar-refractivity contribution in [1.29, 1.82) is 0 Å². The van der Waals surface area contributed by atoms with Crippen LogP contribution in [0.5, 0.6) is 0 Å². The zero-order chi connectivity index (χ0) is 28.6. The highest BCUT2D eigenvalue weighted by Gasteiger charge is 2.60. The first-order chi connectivity index (χ1) is 18.4. The number of β-lactam (4-membered cyclic amide) rings is 1. The maximum absolute atomic E-state index is 13.8. The number of hydrogen-bond donors (Lipinski definition) is 1. The molecule has 3 aliphatic heterocycles. The molecule has 5 atom stereocenters. The van der Waals surface area contributed by atoms with Crippen LogP contribution >= 0.6 is 23.1 Å². The van der Waals surface area contributed by atoms with Crippen LogP contribution in [0.25, 0.3) is 5.57 Å². The molecule has 212 valence electrons. The Morgan fingerprint density at radius 3 is 2.74 bits per heavy atom. The lowest BCUT2D eigenvalue weighted by molar-refractivity contribution is -0.162. The smallest absolute Gasteiger partial charge is 0.410 e. The number of halogens is 1. The third-order valence-electron chi connectivity index (χ3n) is 7.01. The first kappa shape index (κ1) is 29.5. The molecule has 0 aliphatic carbocycles. The predicted octanol–water partition coefficient (Wildman–Crippen LogP) is 5.00. The molecule has 4 rings (SSSR count). The third kappa shape index (κ3) is 5.86. The number of carboxylic acid groups (broad SMARTS) is 1. The van der Waals surface area contributed by atoms with Gasteiger partial charge in [-0.1, -0.05) is 37.4 Å². The molecule has 1 saturated heterocycles. The van der Waals surface area contributed by atoms with Gasteiger partial charge in [-0.3, -0.25) is 9.69 Å². The number of thiazole rings is 1. The van der Waals surface area contributed by atoms with E-state index in [4.69, 9.17) is 14.1 Å². The molecule has 1 fully saturated rings. The van der Waals surface area contributed by atoms with Crippen molar-refractivity contribution in [2.24, 2.45) is 11.8 Å². The lowest BCUT2D eigenvalue weighted by Gasteiger charge is -2.48. The molecular weight excluding hydrogens is 562 g/mol. The molecule has 4 heterocycles. The highest BCUT2D eigenvalue weighted by molar-refractivity contribution is 8.04. The van der Waals surface area contributed by atoms with E-state index in [1.807, 2.05) is 25.3 Å². The van der Waals surface area contributed by atoms with Crippen molar-refractivity contribution in [3.8, 4) is 0 Å². The minimum absolute atomic E-state index is 0.0127. The molecule has 0 aromatic carbocycles. The SMILES string of the molecule is C=CCOC(=O)N1CC=C(c2csc(SC3=C(C(=O)O)N4C(=O)[C@H]([C@@H](C)O[Si](C)(C)C)[C@H]4[C@H]3C)n2)C[C@@H]1CF. The second kappa shape index (κ2) is 11.6. The van der Waals surface area contributed by atoms with Gasteiger partial charge in [-0.25, -0.2) is 19.0 Å². The molecule has 0 saturated carbocycles. The Hall–Kier alpha value is -2.48. The number of alkyl halides is 1. The Bertz CT molecular complexity index is 1230. The monoisotopic (exact) mass is 595 g/mol. The molecule has 13 heteroatoms. The number of fused-ring (bicyclic) bond motifs is 1. The molecule has 0 bridgehead atoms. The van der Waals surface area contributed by atoms with Gasteiger partial charge in [0.05, 0.1) is 29.8 Å². The number of hydrogen-bond acceptors (Lipinski definition) is 8. The summed E-state index contributed by atoms with van der Waals surface area (Å²) in [5.41, 5.74) is 1.49. The van der Waals surface area contributed by atoms with Crippen LogP contribution in [0.3, 0.4) is 0 Å². The number of carbonyl (C=O) groups is 3. The molecule has 39 heavy (non-hydrogen) atoms. The summed E-state index contributed by atoms with van der Waals surface area (Å²) in [6.07, 6.45) is 2.69. The summed E-state index contributed by atoms with van der Waals surface area (Å²) in [6, 6.07) is -0.932. The summed E-state index contributed by atoms with van der Waals surface area (Å²) in [5, 5.41) is 11.9. The van der Waals surface area contributed by atoms with Gasteiger partial charge in [-0.05, 0) is 38.6 Å².